The quantitative estimate of drug-likeness (QED) is 0.598. The Bertz CT molecular complexity index is 316. The molecular weight excluding hydrogens is 144 g/mol. The van der Waals surface area contributed by atoms with Crippen molar-refractivity contribution >= 4 is 12.1 Å². The van der Waals surface area contributed by atoms with E-state index in [0.717, 1.165) is 0 Å². The molecule has 4 nitrogen and oxygen atoms in total. The van der Waals surface area contributed by atoms with Crippen LogP contribution in [0.3, 0.4) is 0 Å². The smallest absolute Gasteiger partial charge is 0.314 e. The minimum Gasteiger partial charge on any atom is -0.317 e. The monoisotopic (exact) mass is 151 g/mol. The van der Waals surface area contributed by atoms with Crippen LogP contribution < -0.4 is 10.9 Å². The van der Waals surface area contributed by atoms with Crippen molar-refractivity contribution in [3.8, 4) is 0 Å². The van der Waals surface area contributed by atoms with Gasteiger partial charge in [-0.1, -0.05) is 0 Å². The molecule has 0 aliphatic rings. The fourth-order valence-corrected chi connectivity index (χ4v) is 0.747. The molecule has 1 amide bonds. The Kier molecular flexibility index (Phi) is 2.06. The number of pyridine rings is 1. The largest absolute Gasteiger partial charge is 0.317 e. The van der Waals surface area contributed by atoms with Gasteiger partial charge < -0.3 is 9.88 Å². The molecule has 0 atom stereocenters. The van der Waals surface area contributed by atoms with Crippen LogP contribution in [-0.2, 0) is 11.8 Å². The normalized spacial score (nSPS) is 9.18. The molecule has 0 bridgehead atoms. The second-order valence-electron chi connectivity index (χ2n) is 2.06. The molecule has 1 radical (unpaired) electrons. The number of aryl methyl sites for hydroxylation is 1. The summed E-state index contributed by atoms with van der Waals surface area (Å²) in [5.74, 6) is 0. The third-order valence-corrected chi connectivity index (χ3v) is 1.31. The molecule has 1 N–H and O–H groups in total. The molecule has 0 fully saturated rings. The zero-order valence-corrected chi connectivity index (χ0v) is 6.00. The summed E-state index contributed by atoms with van der Waals surface area (Å²) in [6.45, 7) is 0. The number of anilines is 1. The fraction of sp³-hybridized carbons (Fsp3) is 0.143. The predicted octanol–water partition coefficient (Wildman–Crippen LogP) is -0.136. The zero-order valence-electron chi connectivity index (χ0n) is 6.00. The Morgan fingerprint density at radius 1 is 1.64 bits per heavy atom. The average molecular weight is 151 g/mol. The van der Waals surface area contributed by atoms with Crippen LogP contribution in [0, 0.1) is 0 Å². The molecule has 1 rings (SSSR count). The van der Waals surface area contributed by atoms with Gasteiger partial charge >= 0.3 is 6.41 Å². The lowest BCUT2D eigenvalue weighted by atomic mass is 10.4. The predicted molar refractivity (Wildman–Crippen MR) is 41.0 cm³/mol. The molecule has 11 heavy (non-hydrogen) atoms. The molecule has 4 heteroatoms. The van der Waals surface area contributed by atoms with Gasteiger partial charge in [-0.15, -0.1) is 0 Å². The Morgan fingerprint density at radius 2 is 2.36 bits per heavy atom. The van der Waals surface area contributed by atoms with Crippen molar-refractivity contribution in [2.24, 2.45) is 7.05 Å². The molecule has 0 aromatic carbocycles. The third kappa shape index (κ3) is 1.46. The average Bonchev–Trinajstić information content (AvgIpc) is 1.99. The van der Waals surface area contributed by atoms with Crippen LogP contribution in [-0.4, -0.2) is 11.0 Å². The van der Waals surface area contributed by atoms with Gasteiger partial charge in [-0.05, 0) is 12.1 Å². The summed E-state index contributed by atoms with van der Waals surface area (Å²) in [7, 11) is 1.61. The van der Waals surface area contributed by atoms with Gasteiger partial charge in [0.15, 0.2) is 0 Å². The first-order valence-corrected chi connectivity index (χ1v) is 3.04. The second-order valence-corrected chi connectivity index (χ2v) is 2.06. The lowest BCUT2D eigenvalue weighted by Crippen LogP contribution is -2.19. The maximum Gasteiger partial charge on any atom is 0.314 e. The van der Waals surface area contributed by atoms with E-state index in [1.807, 2.05) is 0 Å². The number of amides is 1. The van der Waals surface area contributed by atoms with Gasteiger partial charge in [-0.2, -0.15) is 0 Å². The van der Waals surface area contributed by atoms with Gasteiger partial charge in [0.05, 0.1) is 0 Å². The van der Waals surface area contributed by atoms with E-state index in [0.29, 0.717) is 0 Å². The molecule has 57 valence electrons. The number of carbonyl (C=O) groups excluding carboxylic acids is 1. The number of hydrogen-bond acceptors (Lipinski definition) is 2. The molecule has 0 unspecified atom stereocenters. The van der Waals surface area contributed by atoms with Crippen molar-refractivity contribution in [1.29, 1.82) is 0 Å². The van der Waals surface area contributed by atoms with Crippen LogP contribution >= 0.6 is 0 Å². The van der Waals surface area contributed by atoms with Gasteiger partial charge in [-0.25, -0.2) is 0 Å². The highest BCUT2D eigenvalue weighted by Gasteiger charge is 1.96. The zero-order chi connectivity index (χ0) is 8.27. The number of aromatic nitrogens is 1. The lowest BCUT2D eigenvalue weighted by molar-refractivity contribution is 0.561. The van der Waals surface area contributed by atoms with Gasteiger partial charge in [0.2, 0.25) is 0 Å². The molecule has 0 aliphatic carbocycles. The van der Waals surface area contributed by atoms with Crippen LogP contribution in [0.5, 0.6) is 0 Å². The topological polar surface area (TPSA) is 51.1 Å². The van der Waals surface area contributed by atoms with Crippen molar-refractivity contribution in [1.82, 2.24) is 4.57 Å². The highest BCUT2D eigenvalue weighted by atomic mass is 16.1. The van der Waals surface area contributed by atoms with Crippen LogP contribution in [0.15, 0.2) is 23.1 Å². The first kappa shape index (κ1) is 7.53. The summed E-state index contributed by atoms with van der Waals surface area (Å²) in [6, 6.07) is 3.19. The fourth-order valence-electron chi connectivity index (χ4n) is 0.747. The van der Waals surface area contributed by atoms with Crippen molar-refractivity contribution in [2.45, 2.75) is 0 Å². The van der Waals surface area contributed by atoms with Crippen molar-refractivity contribution in [3.05, 3.63) is 28.7 Å². The van der Waals surface area contributed by atoms with E-state index < -0.39 is 0 Å². The van der Waals surface area contributed by atoms with Crippen LogP contribution in [0.4, 0.5) is 5.69 Å². The van der Waals surface area contributed by atoms with Gasteiger partial charge in [0.25, 0.3) is 5.56 Å². The Morgan fingerprint density at radius 3 is 3.00 bits per heavy atom. The summed E-state index contributed by atoms with van der Waals surface area (Å²) in [6.07, 6.45) is 3.05. The lowest BCUT2D eigenvalue weighted by Gasteiger charge is -1.98. The first-order chi connectivity index (χ1) is 5.25. The summed E-state index contributed by atoms with van der Waals surface area (Å²) >= 11 is 0. The Balaban J connectivity index is 3.16. The van der Waals surface area contributed by atoms with E-state index in [4.69, 9.17) is 0 Å². The van der Waals surface area contributed by atoms with Gasteiger partial charge in [0.1, 0.15) is 5.69 Å². The maximum atomic E-state index is 11.1. The summed E-state index contributed by atoms with van der Waals surface area (Å²) < 4.78 is 1.37. The minimum atomic E-state index is -0.240. The van der Waals surface area contributed by atoms with E-state index in [1.165, 1.54) is 17.0 Å². The standard InChI is InChI=1S/C7H7N2O2/c1-9-4-2-3-6(7(9)11)8-5-10/h2-4H,1H3,(H,8,10). The summed E-state index contributed by atoms with van der Waals surface area (Å²) in [5, 5.41) is 2.18. The molecule has 0 saturated carbocycles. The van der Waals surface area contributed by atoms with Crippen LogP contribution in [0.2, 0.25) is 0 Å². The van der Waals surface area contributed by atoms with Crippen LogP contribution in [0.25, 0.3) is 0 Å². The van der Waals surface area contributed by atoms with Crippen molar-refractivity contribution in [2.75, 3.05) is 5.32 Å². The van der Waals surface area contributed by atoms with Gasteiger partial charge in [0, 0.05) is 13.2 Å². The number of nitrogens with zero attached hydrogens (tertiary/aromatic N) is 1. The van der Waals surface area contributed by atoms with Gasteiger partial charge in [-0.3, -0.25) is 9.59 Å². The number of nitrogens with one attached hydrogen (secondary N) is 1. The second kappa shape index (κ2) is 3.01. The molecule has 0 spiro atoms. The Labute approximate surface area is 63.5 Å². The molecular formula is C7H7N2O2. The first-order valence-electron chi connectivity index (χ1n) is 3.04. The molecule has 0 saturated heterocycles. The van der Waals surface area contributed by atoms with E-state index in [2.05, 4.69) is 5.32 Å². The SMILES string of the molecule is Cn1cccc(N[C]=O)c1=O. The number of hydrogen-bond donors (Lipinski definition) is 1. The highest BCUT2D eigenvalue weighted by molar-refractivity contribution is 5.70. The molecule has 1 aromatic heterocycles. The van der Waals surface area contributed by atoms with Crippen LogP contribution in [0.1, 0.15) is 0 Å². The Hall–Kier alpha value is -1.58. The highest BCUT2D eigenvalue weighted by Crippen LogP contribution is 1.94. The van der Waals surface area contributed by atoms with Crippen molar-refractivity contribution < 1.29 is 4.79 Å². The minimum absolute atomic E-state index is 0.240. The summed E-state index contributed by atoms with van der Waals surface area (Å²) in [4.78, 5) is 20.9. The van der Waals surface area contributed by atoms with Crippen molar-refractivity contribution in [3.63, 3.8) is 0 Å². The van der Waals surface area contributed by atoms with E-state index in [9.17, 15) is 9.59 Å². The third-order valence-electron chi connectivity index (χ3n) is 1.31. The number of rotatable bonds is 2. The molecule has 1 heterocycles. The van der Waals surface area contributed by atoms with E-state index in [-0.39, 0.29) is 11.2 Å². The van der Waals surface area contributed by atoms with E-state index in [1.54, 1.807) is 19.3 Å². The maximum absolute atomic E-state index is 11.1. The van der Waals surface area contributed by atoms with E-state index >= 15 is 0 Å². The summed E-state index contributed by atoms with van der Waals surface area (Å²) in [5.41, 5.74) is 0.000787. The molecule has 1 aromatic rings. The molecule has 0 aliphatic heterocycles.